The summed E-state index contributed by atoms with van der Waals surface area (Å²) in [5, 5.41) is 16.3. The Labute approximate surface area is 162 Å². The molecule has 4 N–H and O–H groups in total. The third-order valence-electron chi connectivity index (χ3n) is 4.93. The molecule has 28 heavy (non-hydrogen) atoms. The highest BCUT2D eigenvalue weighted by molar-refractivity contribution is 6.31. The van der Waals surface area contributed by atoms with E-state index in [2.05, 4.69) is 10.4 Å². The third kappa shape index (κ3) is 3.53. The Kier molecular flexibility index (Phi) is 5.05. The van der Waals surface area contributed by atoms with Crippen LogP contribution in [0, 0.1) is 5.82 Å². The van der Waals surface area contributed by atoms with Crippen LogP contribution in [0.15, 0.2) is 18.2 Å². The van der Waals surface area contributed by atoms with Gasteiger partial charge >= 0.3 is 6.18 Å². The van der Waals surface area contributed by atoms with Gasteiger partial charge in [-0.05, 0) is 37.5 Å². The number of hydrogen-bond donors (Lipinski definition) is 3. The summed E-state index contributed by atoms with van der Waals surface area (Å²) in [6.45, 7) is 0. The number of rotatable bonds is 3. The average Bonchev–Trinajstić information content (AvgIpc) is 3.13. The molecule has 1 heterocycles. The molecule has 1 aromatic heterocycles. The number of nitrogens with one attached hydrogen (secondary N) is 1. The molecular weight excluding hydrogens is 404 g/mol. The molecule has 0 bridgehead atoms. The van der Waals surface area contributed by atoms with Gasteiger partial charge in [-0.15, -0.1) is 0 Å². The lowest BCUT2D eigenvalue weighted by Gasteiger charge is -2.25. The number of aliphatic hydroxyl groups is 1. The van der Waals surface area contributed by atoms with Gasteiger partial charge < -0.3 is 16.2 Å². The normalized spacial score (nSPS) is 22.5. The average molecular weight is 421 g/mol. The van der Waals surface area contributed by atoms with Gasteiger partial charge in [0.2, 0.25) is 0 Å². The second-order valence-electron chi connectivity index (χ2n) is 6.82. The molecule has 1 aromatic carbocycles. The maximum atomic E-state index is 13.3. The predicted molar refractivity (Wildman–Crippen MR) is 94.6 cm³/mol. The number of nitrogen functional groups attached to an aromatic ring is 1. The molecule has 3 rings (SSSR count). The van der Waals surface area contributed by atoms with Crippen LogP contribution in [0.2, 0.25) is 5.02 Å². The van der Waals surface area contributed by atoms with Crippen molar-refractivity contribution in [1.82, 2.24) is 9.78 Å². The van der Waals surface area contributed by atoms with E-state index in [1.54, 1.807) is 0 Å². The van der Waals surface area contributed by atoms with E-state index in [0.29, 0.717) is 0 Å². The molecule has 6 nitrogen and oxygen atoms in total. The van der Waals surface area contributed by atoms with Crippen molar-refractivity contribution in [2.75, 3.05) is 11.1 Å². The van der Waals surface area contributed by atoms with E-state index in [0.717, 1.165) is 6.07 Å². The van der Waals surface area contributed by atoms with Crippen LogP contribution in [0.25, 0.3) is 0 Å². The Morgan fingerprint density at radius 1 is 1.46 bits per heavy atom. The van der Waals surface area contributed by atoms with Gasteiger partial charge in [-0.3, -0.25) is 9.48 Å². The second-order valence-corrected chi connectivity index (χ2v) is 7.23. The fraction of sp³-hybridized carbons (Fsp3) is 0.412. The molecule has 1 aliphatic carbocycles. The molecule has 11 heteroatoms. The van der Waals surface area contributed by atoms with Crippen molar-refractivity contribution in [3.63, 3.8) is 0 Å². The topological polar surface area (TPSA) is 93.2 Å². The van der Waals surface area contributed by atoms with E-state index in [-0.39, 0.29) is 34.2 Å². The van der Waals surface area contributed by atoms with Crippen LogP contribution >= 0.6 is 11.6 Å². The van der Waals surface area contributed by atoms with Crippen molar-refractivity contribution in [2.24, 2.45) is 7.05 Å². The molecule has 2 unspecified atom stereocenters. The summed E-state index contributed by atoms with van der Waals surface area (Å²) < 4.78 is 53.8. The summed E-state index contributed by atoms with van der Waals surface area (Å²) in [7, 11) is 1.45. The van der Waals surface area contributed by atoms with E-state index >= 15 is 0 Å². The van der Waals surface area contributed by atoms with Gasteiger partial charge in [0.05, 0.1) is 10.7 Å². The van der Waals surface area contributed by atoms with Gasteiger partial charge in [0.15, 0.2) is 5.60 Å². The lowest BCUT2D eigenvalue weighted by molar-refractivity contribution is -0.257. The first kappa shape index (κ1) is 20.4. The van der Waals surface area contributed by atoms with E-state index in [1.165, 1.54) is 23.9 Å². The minimum absolute atomic E-state index is 0.00484. The first-order valence-electron chi connectivity index (χ1n) is 8.31. The standard InChI is InChI=1S/C17H17ClF4N4O2/c1-26-14(23)12(15(27)24-9-2-3-11(19)10(18)6-9)13(25-26)8-4-5-16(28,7-8)17(20,21)22/h2-3,6,8,28H,4-5,7,23H2,1H3,(H,24,27). The number of carbonyl (C=O) groups is 1. The van der Waals surface area contributed by atoms with Gasteiger partial charge in [0.25, 0.3) is 5.91 Å². The van der Waals surface area contributed by atoms with Crippen molar-refractivity contribution in [3.05, 3.63) is 40.3 Å². The van der Waals surface area contributed by atoms with Crippen LogP contribution in [0.3, 0.4) is 0 Å². The highest BCUT2D eigenvalue weighted by Crippen LogP contribution is 2.49. The smallest absolute Gasteiger partial charge is 0.383 e. The lowest BCUT2D eigenvalue weighted by atomic mass is 9.95. The number of anilines is 2. The van der Waals surface area contributed by atoms with Crippen LogP contribution in [0.4, 0.5) is 29.1 Å². The van der Waals surface area contributed by atoms with Crippen molar-refractivity contribution in [2.45, 2.75) is 37.0 Å². The van der Waals surface area contributed by atoms with E-state index < -0.39 is 42.3 Å². The molecule has 0 radical (unpaired) electrons. The summed E-state index contributed by atoms with van der Waals surface area (Å²) >= 11 is 5.69. The Morgan fingerprint density at radius 2 is 2.14 bits per heavy atom. The van der Waals surface area contributed by atoms with E-state index in [4.69, 9.17) is 17.3 Å². The lowest BCUT2D eigenvalue weighted by Crippen LogP contribution is -2.42. The Balaban J connectivity index is 1.90. The summed E-state index contributed by atoms with van der Waals surface area (Å²) in [6, 6.07) is 3.54. The molecule has 1 fully saturated rings. The fourth-order valence-corrected chi connectivity index (χ4v) is 3.54. The molecule has 2 aromatic rings. The van der Waals surface area contributed by atoms with Crippen LogP contribution in [-0.4, -0.2) is 32.6 Å². The second kappa shape index (κ2) is 6.93. The number of aromatic nitrogens is 2. The quantitative estimate of drug-likeness (QED) is 0.661. The van der Waals surface area contributed by atoms with Crippen molar-refractivity contribution < 1.29 is 27.5 Å². The molecule has 1 amide bonds. The minimum atomic E-state index is -4.78. The zero-order valence-electron chi connectivity index (χ0n) is 14.6. The summed E-state index contributed by atoms with van der Waals surface area (Å²) in [6.07, 6.45) is -5.90. The summed E-state index contributed by atoms with van der Waals surface area (Å²) in [5.41, 5.74) is 3.25. The SMILES string of the molecule is Cn1nc(C2CCC(O)(C(F)(F)F)C2)c(C(=O)Nc2ccc(F)c(Cl)c2)c1N. The van der Waals surface area contributed by atoms with Crippen LogP contribution < -0.4 is 11.1 Å². The Bertz CT molecular complexity index is 931. The molecule has 0 aliphatic heterocycles. The molecule has 0 spiro atoms. The van der Waals surface area contributed by atoms with Gasteiger partial charge in [-0.1, -0.05) is 11.6 Å². The number of nitrogens with two attached hydrogens (primary N) is 1. The van der Waals surface area contributed by atoms with Crippen LogP contribution in [0.1, 0.15) is 41.2 Å². The molecule has 1 aliphatic rings. The Morgan fingerprint density at radius 3 is 2.71 bits per heavy atom. The number of carbonyl (C=O) groups excluding carboxylic acids is 1. The van der Waals surface area contributed by atoms with Gasteiger partial charge in [0, 0.05) is 18.7 Å². The number of halogens is 5. The predicted octanol–water partition coefficient (Wildman–Crippen LogP) is 3.61. The van der Waals surface area contributed by atoms with Crippen molar-refractivity contribution in [1.29, 1.82) is 0 Å². The van der Waals surface area contributed by atoms with Gasteiger partial charge in [-0.2, -0.15) is 18.3 Å². The number of alkyl halides is 3. The fourth-order valence-electron chi connectivity index (χ4n) is 3.36. The largest absolute Gasteiger partial charge is 0.417 e. The third-order valence-corrected chi connectivity index (χ3v) is 5.22. The monoisotopic (exact) mass is 420 g/mol. The number of amides is 1. The van der Waals surface area contributed by atoms with E-state index in [9.17, 15) is 27.5 Å². The number of aryl methyl sites for hydroxylation is 1. The molecule has 152 valence electrons. The first-order chi connectivity index (χ1) is 12.9. The minimum Gasteiger partial charge on any atom is -0.383 e. The summed E-state index contributed by atoms with van der Waals surface area (Å²) in [4.78, 5) is 12.7. The highest BCUT2D eigenvalue weighted by Gasteiger charge is 2.58. The van der Waals surface area contributed by atoms with Crippen LogP contribution in [-0.2, 0) is 7.05 Å². The zero-order chi connectivity index (χ0) is 20.9. The number of benzene rings is 1. The maximum Gasteiger partial charge on any atom is 0.417 e. The highest BCUT2D eigenvalue weighted by atomic mass is 35.5. The molecule has 0 saturated heterocycles. The molecular formula is C17H17ClF4N4O2. The summed E-state index contributed by atoms with van der Waals surface area (Å²) in [5.74, 6) is -2.22. The van der Waals surface area contributed by atoms with Crippen molar-refractivity contribution >= 4 is 29.0 Å². The van der Waals surface area contributed by atoms with E-state index in [1.807, 2.05) is 0 Å². The van der Waals surface area contributed by atoms with Gasteiger partial charge in [0.1, 0.15) is 17.2 Å². The maximum absolute atomic E-state index is 13.3. The number of hydrogen-bond acceptors (Lipinski definition) is 4. The molecule has 1 saturated carbocycles. The van der Waals surface area contributed by atoms with Crippen LogP contribution in [0.5, 0.6) is 0 Å². The number of nitrogens with zero attached hydrogens (tertiary/aromatic N) is 2. The first-order valence-corrected chi connectivity index (χ1v) is 8.68. The zero-order valence-corrected chi connectivity index (χ0v) is 15.4. The molecule has 2 atom stereocenters. The Hall–Kier alpha value is -2.33. The van der Waals surface area contributed by atoms with Crippen molar-refractivity contribution in [3.8, 4) is 0 Å². The van der Waals surface area contributed by atoms with Gasteiger partial charge in [-0.25, -0.2) is 4.39 Å².